The molecule has 108 valence electrons. The number of carboxylic acid groups (broad SMARTS) is 2. The second-order valence-electron chi connectivity index (χ2n) is 5.19. The van der Waals surface area contributed by atoms with E-state index in [9.17, 15) is 19.8 Å². The van der Waals surface area contributed by atoms with Gasteiger partial charge in [-0.3, -0.25) is 4.79 Å². The van der Waals surface area contributed by atoms with Crippen molar-refractivity contribution < 1.29 is 24.5 Å². The number of hydrogen-bond donors (Lipinski definition) is 2. The highest BCUT2D eigenvalue weighted by molar-refractivity contribution is 5.85. The van der Waals surface area contributed by atoms with Gasteiger partial charge in [-0.15, -0.1) is 0 Å². The van der Waals surface area contributed by atoms with E-state index in [0.29, 0.717) is 0 Å². The molecule has 1 aliphatic rings. The highest BCUT2D eigenvalue weighted by atomic mass is 16.5. The van der Waals surface area contributed by atoms with Gasteiger partial charge in [-0.25, -0.2) is 4.79 Å². The SMILES string of the molecule is CCOC1(C(=O)O)CC=CC(C)(C(=O)O)C1N(C)C. The van der Waals surface area contributed by atoms with Gasteiger partial charge in [0.25, 0.3) is 0 Å². The zero-order valence-corrected chi connectivity index (χ0v) is 11.7. The predicted molar refractivity (Wildman–Crippen MR) is 69.0 cm³/mol. The molecule has 0 spiro atoms. The van der Waals surface area contributed by atoms with Crippen LogP contribution >= 0.6 is 0 Å². The van der Waals surface area contributed by atoms with E-state index in [1.165, 1.54) is 6.92 Å². The van der Waals surface area contributed by atoms with Crippen molar-refractivity contribution in [1.82, 2.24) is 4.90 Å². The van der Waals surface area contributed by atoms with Gasteiger partial charge in [0.05, 0.1) is 6.04 Å². The van der Waals surface area contributed by atoms with Crippen molar-refractivity contribution in [2.24, 2.45) is 5.41 Å². The number of nitrogens with zero attached hydrogens (tertiary/aromatic N) is 1. The molecule has 0 saturated heterocycles. The van der Waals surface area contributed by atoms with E-state index in [0.717, 1.165) is 0 Å². The van der Waals surface area contributed by atoms with Crippen LogP contribution in [0.5, 0.6) is 0 Å². The van der Waals surface area contributed by atoms with Gasteiger partial charge in [0.15, 0.2) is 5.60 Å². The second-order valence-corrected chi connectivity index (χ2v) is 5.19. The van der Waals surface area contributed by atoms with Crippen LogP contribution in [0.25, 0.3) is 0 Å². The van der Waals surface area contributed by atoms with Gasteiger partial charge < -0.3 is 19.8 Å². The molecule has 0 amide bonds. The number of rotatable bonds is 5. The fraction of sp³-hybridized carbons (Fsp3) is 0.692. The first-order valence-corrected chi connectivity index (χ1v) is 6.17. The Bertz CT molecular complexity index is 406. The molecule has 6 nitrogen and oxygen atoms in total. The molecule has 19 heavy (non-hydrogen) atoms. The summed E-state index contributed by atoms with van der Waals surface area (Å²) < 4.78 is 5.50. The van der Waals surface area contributed by atoms with Gasteiger partial charge in [-0.05, 0) is 27.9 Å². The molecule has 0 fully saturated rings. The van der Waals surface area contributed by atoms with E-state index in [1.54, 1.807) is 38.1 Å². The second kappa shape index (κ2) is 5.30. The lowest BCUT2D eigenvalue weighted by Gasteiger charge is -2.48. The average Bonchev–Trinajstić information content (AvgIpc) is 2.28. The number of hydrogen-bond acceptors (Lipinski definition) is 4. The fourth-order valence-corrected chi connectivity index (χ4v) is 2.97. The van der Waals surface area contributed by atoms with Crippen LogP contribution in [0.1, 0.15) is 20.3 Å². The van der Waals surface area contributed by atoms with E-state index in [-0.39, 0.29) is 13.0 Å². The van der Waals surface area contributed by atoms with Crippen LogP contribution in [0.3, 0.4) is 0 Å². The molecule has 0 aromatic carbocycles. The van der Waals surface area contributed by atoms with Crippen LogP contribution in [0, 0.1) is 5.41 Å². The summed E-state index contributed by atoms with van der Waals surface area (Å²) in [4.78, 5) is 24.9. The van der Waals surface area contributed by atoms with Crippen molar-refractivity contribution >= 4 is 11.9 Å². The first-order valence-electron chi connectivity index (χ1n) is 6.17. The summed E-state index contributed by atoms with van der Waals surface area (Å²) in [7, 11) is 3.34. The third kappa shape index (κ3) is 2.37. The van der Waals surface area contributed by atoms with Gasteiger partial charge in [0.1, 0.15) is 5.41 Å². The summed E-state index contributed by atoms with van der Waals surface area (Å²) in [6, 6.07) is -0.792. The van der Waals surface area contributed by atoms with Gasteiger partial charge in [0.2, 0.25) is 0 Å². The Morgan fingerprint density at radius 2 is 1.95 bits per heavy atom. The minimum absolute atomic E-state index is 0.155. The number of aliphatic carboxylic acids is 2. The minimum atomic E-state index is -1.54. The number of carbonyl (C=O) groups is 2. The van der Waals surface area contributed by atoms with Crippen LogP contribution in [0.15, 0.2) is 12.2 Å². The molecular weight excluding hydrogens is 250 g/mol. The molecular formula is C13H21NO5. The maximum Gasteiger partial charge on any atom is 0.338 e. The predicted octanol–water partition coefficient (Wildman–Crippen LogP) is 0.827. The highest BCUT2D eigenvalue weighted by Gasteiger charge is 2.59. The van der Waals surface area contributed by atoms with Crippen molar-refractivity contribution in [2.75, 3.05) is 20.7 Å². The van der Waals surface area contributed by atoms with Crippen molar-refractivity contribution in [3.8, 4) is 0 Å². The monoisotopic (exact) mass is 271 g/mol. The lowest BCUT2D eigenvalue weighted by molar-refractivity contribution is -0.187. The van der Waals surface area contributed by atoms with Crippen LogP contribution < -0.4 is 0 Å². The summed E-state index contributed by atoms with van der Waals surface area (Å²) in [6.45, 7) is 3.43. The van der Waals surface area contributed by atoms with Crippen LogP contribution in [-0.2, 0) is 14.3 Å². The maximum atomic E-state index is 11.7. The zero-order valence-electron chi connectivity index (χ0n) is 11.7. The van der Waals surface area contributed by atoms with Gasteiger partial charge in [-0.2, -0.15) is 0 Å². The van der Waals surface area contributed by atoms with E-state index in [2.05, 4.69) is 0 Å². The number of carboxylic acids is 2. The van der Waals surface area contributed by atoms with Gasteiger partial charge in [0, 0.05) is 13.0 Å². The molecule has 0 radical (unpaired) electrons. The first kappa shape index (κ1) is 15.7. The van der Waals surface area contributed by atoms with E-state index in [4.69, 9.17) is 4.74 Å². The summed E-state index contributed by atoms with van der Waals surface area (Å²) in [5.41, 5.74) is -2.85. The zero-order chi connectivity index (χ0) is 14.8. The highest BCUT2D eigenvalue weighted by Crippen LogP contribution is 2.42. The standard InChI is InChI=1S/C13H21NO5/c1-5-19-13(11(17)18)8-6-7-12(2,10(15)16)9(13)14(3)4/h6-7,9H,5,8H2,1-4H3,(H,15,16)(H,17,18). The Kier molecular flexibility index (Phi) is 4.37. The molecule has 1 aliphatic carbocycles. The molecule has 0 heterocycles. The Morgan fingerprint density at radius 1 is 1.37 bits per heavy atom. The molecule has 3 atom stereocenters. The summed E-state index contributed by atoms with van der Waals surface area (Å²) in [5.74, 6) is -2.20. The van der Waals surface area contributed by atoms with Crippen LogP contribution in [0.2, 0.25) is 0 Å². The van der Waals surface area contributed by atoms with Crippen molar-refractivity contribution in [3.05, 3.63) is 12.2 Å². The van der Waals surface area contributed by atoms with Crippen molar-refractivity contribution in [2.45, 2.75) is 31.9 Å². The van der Waals surface area contributed by atoms with Crippen LogP contribution in [0.4, 0.5) is 0 Å². The number of likely N-dealkylation sites (N-methyl/N-ethyl adjacent to an activating group) is 1. The minimum Gasteiger partial charge on any atom is -0.481 e. The average molecular weight is 271 g/mol. The third-order valence-corrected chi connectivity index (χ3v) is 3.64. The maximum absolute atomic E-state index is 11.7. The topological polar surface area (TPSA) is 87.1 Å². The summed E-state index contributed by atoms with van der Waals surface area (Å²) >= 11 is 0. The lowest BCUT2D eigenvalue weighted by Crippen LogP contribution is -2.66. The molecule has 0 aromatic heterocycles. The quantitative estimate of drug-likeness (QED) is 0.720. The molecule has 2 N–H and O–H groups in total. The number of ether oxygens (including phenoxy) is 1. The van der Waals surface area contributed by atoms with E-state index in [1.807, 2.05) is 0 Å². The molecule has 0 bridgehead atoms. The molecule has 0 saturated carbocycles. The molecule has 3 unspecified atom stereocenters. The largest absolute Gasteiger partial charge is 0.481 e. The van der Waals surface area contributed by atoms with E-state index >= 15 is 0 Å². The Labute approximate surface area is 112 Å². The molecule has 1 rings (SSSR count). The van der Waals surface area contributed by atoms with E-state index < -0.39 is 29.0 Å². The fourth-order valence-electron chi connectivity index (χ4n) is 2.97. The van der Waals surface area contributed by atoms with Crippen molar-refractivity contribution in [3.63, 3.8) is 0 Å². The molecule has 6 heteroatoms. The Balaban J connectivity index is 3.43. The van der Waals surface area contributed by atoms with Gasteiger partial charge >= 0.3 is 11.9 Å². The summed E-state index contributed by atoms with van der Waals surface area (Å²) in [5, 5.41) is 19.0. The third-order valence-electron chi connectivity index (χ3n) is 3.64. The Hall–Kier alpha value is -1.40. The Morgan fingerprint density at radius 3 is 2.32 bits per heavy atom. The van der Waals surface area contributed by atoms with Crippen molar-refractivity contribution in [1.29, 1.82) is 0 Å². The smallest absolute Gasteiger partial charge is 0.338 e. The van der Waals surface area contributed by atoms with Gasteiger partial charge in [-0.1, -0.05) is 12.2 Å². The van der Waals surface area contributed by atoms with Crippen LogP contribution in [-0.4, -0.2) is 59.4 Å². The molecule has 0 aliphatic heterocycles. The molecule has 0 aromatic rings. The first-order chi connectivity index (χ1) is 8.72. The lowest BCUT2D eigenvalue weighted by atomic mass is 9.67. The summed E-state index contributed by atoms with van der Waals surface area (Å²) in [6.07, 6.45) is 3.29. The normalized spacial score (nSPS) is 34.5.